The van der Waals surface area contributed by atoms with E-state index in [0.717, 1.165) is 0 Å². The first-order valence-electron chi connectivity index (χ1n) is 3.66. The molecule has 0 rings (SSSR count). The summed E-state index contributed by atoms with van der Waals surface area (Å²) < 4.78 is 0. The summed E-state index contributed by atoms with van der Waals surface area (Å²) >= 11 is 0. The summed E-state index contributed by atoms with van der Waals surface area (Å²) in [6.07, 6.45) is 0. The number of hydrogen-bond acceptors (Lipinski definition) is 6. The highest BCUT2D eigenvalue weighted by Crippen LogP contribution is 2.22. The molecule has 15 heavy (non-hydrogen) atoms. The van der Waals surface area contributed by atoms with Crippen molar-refractivity contribution in [3.63, 3.8) is 0 Å². The molecule has 0 bridgehead atoms. The summed E-state index contributed by atoms with van der Waals surface area (Å²) in [5, 5.41) is 16.8. The van der Waals surface area contributed by atoms with E-state index in [9.17, 15) is 9.59 Å². The van der Waals surface area contributed by atoms with Gasteiger partial charge in [-0.05, 0) is 0 Å². The number of carboxylic acids is 2. The van der Waals surface area contributed by atoms with Crippen molar-refractivity contribution < 1.29 is 33.6 Å². The second-order valence-electron chi connectivity index (χ2n) is 2.46. The summed E-state index contributed by atoms with van der Waals surface area (Å²) in [4.78, 5) is 20.5. The quantitative estimate of drug-likeness (QED) is 0.277. The van der Waals surface area contributed by atoms with Crippen molar-refractivity contribution in [2.24, 2.45) is 11.5 Å². The van der Waals surface area contributed by atoms with Crippen molar-refractivity contribution in [1.82, 2.24) is 0 Å². The van der Waals surface area contributed by atoms with Gasteiger partial charge in [-0.3, -0.25) is 9.59 Å². The minimum absolute atomic E-state index is 0. The van der Waals surface area contributed by atoms with Crippen LogP contribution in [0.1, 0.15) is 1.43 Å². The van der Waals surface area contributed by atoms with Gasteiger partial charge < -0.3 is 34.1 Å². The molecule has 2 atom stereocenters. The van der Waals surface area contributed by atoms with Gasteiger partial charge in [0.1, 0.15) is 12.1 Å². The van der Waals surface area contributed by atoms with E-state index in [1.165, 1.54) is 21.6 Å². The highest BCUT2D eigenvalue weighted by molar-refractivity contribution is 8.76. The molecule has 0 heterocycles. The lowest BCUT2D eigenvalue weighted by Gasteiger charge is -2.07. The predicted octanol–water partition coefficient (Wildman–Crippen LogP) is -3.69. The van der Waals surface area contributed by atoms with Crippen molar-refractivity contribution in [2.75, 3.05) is 11.5 Å². The van der Waals surface area contributed by atoms with Crippen molar-refractivity contribution >= 4 is 33.5 Å². The van der Waals surface area contributed by atoms with Gasteiger partial charge in [0.25, 0.3) is 0 Å². The molecule has 0 saturated carbocycles. The Labute approximate surface area is 102 Å². The largest absolute Gasteiger partial charge is 1.00 e. The smallest absolute Gasteiger partial charge is 1.00 e. The topological polar surface area (TPSA) is 127 Å². The zero-order valence-electron chi connectivity index (χ0n) is 8.63. The highest BCUT2D eigenvalue weighted by atomic mass is 35.5. The van der Waals surface area contributed by atoms with Gasteiger partial charge in [0.15, 0.2) is 0 Å². The predicted molar refractivity (Wildman–Crippen MR) is 57.3 cm³/mol. The fraction of sp³-hybridized carbons (Fsp3) is 0.667. The van der Waals surface area contributed by atoms with Gasteiger partial charge in [-0.1, -0.05) is 21.6 Å². The molecule has 0 aromatic heterocycles. The van der Waals surface area contributed by atoms with Crippen molar-refractivity contribution in [3.05, 3.63) is 0 Å². The van der Waals surface area contributed by atoms with Gasteiger partial charge in [0.05, 0.1) is 0 Å². The Kier molecular flexibility index (Phi) is 10.5. The van der Waals surface area contributed by atoms with Crippen LogP contribution in [-0.4, -0.2) is 45.7 Å². The van der Waals surface area contributed by atoms with Crippen LogP contribution in [0.15, 0.2) is 0 Å². The van der Waals surface area contributed by atoms with Crippen LogP contribution in [0.25, 0.3) is 0 Å². The molecule has 0 aliphatic rings. The molecule has 0 saturated heterocycles. The molecular weight excluding hydrogens is 264 g/mol. The maximum atomic E-state index is 10.3. The van der Waals surface area contributed by atoms with Crippen LogP contribution in [-0.2, 0) is 9.59 Å². The SMILES string of the molecule is NC(CSSCC(N)C(=O)O)C(=O)O.[Cl-].[H+]. The summed E-state index contributed by atoms with van der Waals surface area (Å²) in [7, 11) is 2.41. The van der Waals surface area contributed by atoms with Crippen molar-refractivity contribution in [2.45, 2.75) is 12.1 Å². The molecule has 0 aliphatic carbocycles. The molecule has 90 valence electrons. The first kappa shape index (κ1) is 17.3. The molecule has 0 fully saturated rings. The fourth-order valence-corrected chi connectivity index (χ4v) is 2.61. The lowest BCUT2D eigenvalue weighted by molar-refractivity contribution is -0.138. The van der Waals surface area contributed by atoms with E-state index in [1.807, 2.05) is 0 Å². The normalized spacial score (nSPS) is 13.7. The number of carboxylic acid groups (broad SMARTS) is 2. The molecule has 6 N–H and O–H groups in total. The second kappa shape index (κ2) is 9.10. The van der Waals surface area contributed by atoms with Crippen LogP contribution >= 0.6 is 21.6 Å². The van der Waals surface area contributed by atoms with E-state index in [1.54, 1.807) is 0 Å². The average molecular weight is 277 g/mol. The monoisotopic (exact) mass is 276 g/mol. The van der Waals surface area contributed by atoms with Gasteiger partial charge >= 0.3 is 13.4 Å². The number of aliphatic carboxylic acids is 2. The van der Waals surface area contributed by atoms with Crippen molar-refractivity contribution in [1.29, 1.82) is 0 Å². The molecule has 2 unspecified atom stereocenters. The summed E-state index contributed by atoms with van der Waals surface area (Å²) in [6, 6.07) is -1.85. The van der Waals surface area contributed by atoms with Crippen molar-refractivity contribution in [3.8, 4) is 0 Å². The molecular formula is C6H13ClN2O4S2. The summed E-state index contributed by atoms with van der Waals surface area (Å²) in [5.74, 6) is -1.68. The number of rotatable bonds is 7. The van der Waals surface area contributed by atoms with Crippen LogP contribution in [0.5, 0.6) is 0 Å². The number of hydrogen-bond donors (Lipinski definition) is 4. The molecule has 0 amide bonds. The maximum Gasteiger partial charge on any atom is 1.00 e. The van der Waals surface area contributed by atoms with Crippen LogP contribution in [0.4, 0.5) is 0 Å². The molecule has 0 radical (unpaired) electrons. The zero-order chi connectivity index (χ0) is 11.1. The van der Waals surface area contributed by atoms with E-state index >= 15 is 0 Å². The van der Waals surface area contributed by atoms with Crippen LogP contribution < -0.4 is 23.9 Å². The van der Waals surface area contributed by atoms with Gasteiger partial charge in [0, 0.05) is 11.5 Å². The minimum atomic E-state index is -1.07. The standard InChI is InChI=1S/C6H12N2O4S2.ClH/c7-3(5(9)10)1-13-14-2-4(8)6(11)12;/h3-4H,1-2,7-8H2,(H,9,10)(H,11,12);1H. The molecule has 6 nitrogen and oxygen atoms in total. The minimum Gasteiger partial charge on any atom is -1.00 e. The molecule has 0 aromatic carbocycles. The van der Waals surface area contributed by atoms with E-state index in [-0.39, 0.29) is 25.3 Å². The Morgan fingerprint density at radius 3 is 1.53 bits per heavy atom. The van der Waals surface area contributed by atoms with Gasteiger partial charge in [0.2, 0.25) is 0 Å². The highest BCUT2D eigenvalue weighted by Gasteiger charge is 2.14. The Morgan fingerprint density at radius 1 is 1.07 bits per heavy atom. The summed E-state index contributed by atoms with van der Waals surface area (Å²) in [6.45, 7) is 0. The van der Waals surface area contributed by atoms with Crippen LogP contribution in [0.3, 0.4) is 0 Å². The molecule has 9 heteroatoms. The fourth-order valence-electron chi connectivity index (χ4n) is 0.385. The molecule has 0 aromatic rings. The van der Waals surface area contributed by atoms with E-state index in [4.69, 9.17) is 21.7 Å². The number of halogens is 1. The molecule has 0 spiro atoms. The first-order chi connectivity index (χ1) is 6.45. The van der Waals surface area contributed by atoms with Gasteiger partial charge in [-0.25, -0.2) is 0 Å². The van der Waals surface area contributed by atoms with E-state index in [0.29, 0.717) is 0 Å². The van der Waals surface area contributed by atoms with Gasteiger partial charge in [-0.2, -0.15) is 0 Å². The third-order valence-electron chi connectivity index (χ3n) is 1.21. The van der Waals surface area contributed by atoms with Gasteiger partial charge in [-0.15, -0.1) is 0 Å². The number of nitrogens with two attached hydrogens (primary N) is 2. The maximum absolute atomic E-state index is 10.3. The van der Waals surface area contributed by atoms with E-state index in [2.05, 4.69) is 0 Å². The lowest BCUT2D eigenvalue weighted by atomic mass is 10.4. The Bertz CT molecular complexity index is 203. The Hall–Kier alpha value is -0.150. The zero-order valence-corrected chi connectivity index (χ0v) is 10.0. The molecule has 0 aliphatic heterocycles. The lowest BCUT2D eigenvalue weighted by Crippen LogP contribution is -3.00. The number of carbonyl (C=O) groups is 2. The third kappa shape index (κ3) is 8.82. The summed E-state index contributed by atoms with van der Waals surface area (Å²) in [5.41, 5.74) is 10.4. The Morgan fingerprint density at radius 2 is 1.33 bits per heavy atom. The van der Waals surface area contributed by atoms with Crippen LogP contribution in [0.2, 0.25) is 0 Å². The third-order valence-corrected chi connectivity index (χ3v) is 3.69. The van der Waals surface area contributed by atoms with E-state index < -0.39 is 24.0 Å². The van der Waals surface area contributed by atoms with Crippen LogP contribution in [0, 0.1) is 0 Å². The first-order valence-corrected chi connectivity index (χ1v) is 6.15. The Balaban J connectivity index is -0.000000845. The average Bonchev–Trinajstić information content (AvgIpc) is 2.11. The second-order valence-corrected chi connectivity index (χ2v) is 5.01.